The molecule has 1 aromatic carbocycles. The summed E-state index contributed by atoms with van der Waals surface area (Å²) >= 11 is 5.92. The number of amides is 1. The van der Waals surface area contributed by atoms with Gasteiger partial charge < -0.3 is 5.32 Å². The topological polar surface area (TPSA) is 64.7 Å². The van der Waals surface area contributed by atoms with Gasteiger partial charge in [0, 0.05) is 35.9 Å². The van der Waals surface area contributed by atoms with Crippen molar-refractivity contribution in [1.29, 1.82) is 0 Å². The Morgan fingerprint density at radius 2 is 2.04 bits per heavy atom. The van der Waals surface area contributed by atoms with Crippen LogP contribution in [-0.4, -0.2) is 25.5 Å². The maximum Gasteiger partial charge on any atom is 0.225 e. The van der Waals surface area contributed by atoms with Crippen LogP contribution in [0.3, 0.4) is 0 Å². The van der Waals surface area contributed by atoms with Crippen LogP contribution in [0.5, 0.6) is 0 Å². The highest BCUT2D eigenvalue weighted by Crippen LogP contribution is 2.17. The average Bonchev–Trinajstić information content (AvgIpc) is 3.22. The van der Waals surface area contributed by atoms with Crippen LogP contribution in [0.15, 0.2) is 48.9 Å². The van der Waals surface area contributed by atoms with E-state index in [-0.39, 0.29) is 5.91 Å². The van der Waals surface area contributed by atoms with E-state index in [9.17, 15) is 4.79 Å². The Kier molecular flexibility index (Phi) is 5.50. The quantitative estimate of drug-likeness (QED) is 0.703. The molecule has 3 aromatic rings. The van der Waals surface area contributed by atoms with Crippen LogP contribution in [0.1, 0.15) is 24.0 Å². The molecule has 7 heteroatoms. The van der Waals surface area contributed by atoms with Gasteiger partial charge in [-0.05, 0) is 37.1 Å². The number of rotatable bonds is 7. The lowest BCUT2D eigenvalue weighted by atomic mass is 10.2. The third-order valence-electron chi connectivity index (χ3n) is 3.88. The van der Waals surface area contributed by atoms with E-state index in [0.29, 0.717) is 18.0 Å². The number of aryl methyl sites for hydroxylation is 2. The van der Waals surface area contributed by atoms with Crippen LogP contribution in [0.4, 0.5) is 5.82 Å². The van der Waals surface area contributed by atoms with Gasteiger partial charge in [-0.3, -0.25) is 9.48 Å². The third kappa shape index (κ3) is 4.70. The first-order valence-corrected chi connectivity index (χ1v) is 8.54. The smallest absolute Gasteiger partial charge is 0.225 e. The Hall–Kier alpha value is -2.60. The van der Waals surface area contributed by atoms with E-state index in [1.54, 1.807) is 17.1 Å². The molecule has 0 unspecified atom stereocenters. The van der Waals surface area contributed by atoms with Gasteiger partial charge in [-0.2, -0.15) is 10.2 Å². The number of carbonyl (C=O) groups is 1. The summed E-state index contributed by atoms with van der Waals surface area (Å²) in [4.78, 5) is 12.2. The van der Waals surface area contributed by atoms with Crippen molar-refractivity contribution in [3.05, 3.63) is 65.1 Å². The number of aromatic nitrogens is 4. The number of carbonyl (C=O) groups excluding carboxylic acids is 1. The van der Waals surface area contributed by atoms with Crippen LogP contribution in [0.2, 0.25) is 5.02 Å². The zero-order valence-corrected chi connectivity index (χ0v) is 14.8. The Balaban J connectivity index is 1.58. The molecule has 0 atom stereocenters. The molecule has 0 aliphatic rings. The number of benzene rings is 1. The summed E-state index contributed by atoms with van der Waals surface area (Å²) in [6.07, 6.45) is 6.56. The summed E-state index contributed by atoms with van der Waals surface area (Å²) in [6, 6.07) is 9.48. The molecule has 0 aliphatic carbocycles. The van der Waals surface area contributed by atoms with Crippen molar-refractivity contribution in [3.63, 3.8) is 0 Å². The Bertz CT molecular complexity index is 824. The highest BCUT2D eigenvalue weighted by Gasteiger charge is 2.11. The fourth-order valence-electron chi connectivity index (χ4n) is 2.55. The van der Waals surface area contributed by atoms with E-state index in [1.165, 1.54) is 0 Å². The lowest BCUT2D eigenvalue weighted by Crippen LogP contribution is -2.17. The maximum absolute atomic E-state index is 12.2. The maximum atomic E-state index is 12.2. The summed E-state index contributed by atoms with van der Waals surface area (Å²) in [5.41, 5.74) is 2.01. The van der Waals surface area contributed by atoms with Crippen LogP contribution in [0.25, 0.3) is 0 Å². The van der Waals surface area contributed by atoms with Gasteiger partial charge in [0.05, 0.1) is 12.7 Å². The van der Waals surface area contributed by atoms with Crippen LogP contribution in [-0.2, 0) is 17.9 Å². The molecule has 0 saturated heterocycles. The zero-order valence-electron chi connectivity index (χ0n) is 14.0. The van der Waals surface area contributed by atoms with Gasteiger partial charge in [0.25, 0.3) is 0 Å². The monoisotopic (exact) mass is 357 g/mol. The molecule has 0 bridgehead atoms. The van der Waals surface area contributed by atoms with Gasteiger partial charge in [-0.15, -0.1) is 0 Å². The largest absolute Gasteiger partial charge is 0.311 e. The standard InChI is InChI=1S/C18H20ClN5O/c1-14-12-21-24(13-15-5-7-16(19)8-6-15)18(14)22-17(25)4-2-10-23-11-3-9-20-23/h3,5-9,11-12H,2,4,10,13H2,1H3,(H,22,25). The number of halogens is 1. The number of anilines is 1. The lowest BCUT2D eigenvalue weighted by Gasteiger charge is -2.10. The van der Waals surface area contributed by atoms with E-state index in [4.69, 9.17) is 11.6 Å². The highest BCUT2D eigenvalue weighted by molar-refractivity contribution is 6.30. The summed E-state index contributed by atoms with van der Waals surface area (Å²) in [7, 11) is 0. The minimum atomic E-state index is -0.0203. The van der Waals surface area contributed by atoms with Gasteiger partial charge >= 0.3 is 0 Å². The molecule has 0 saturated carbocycles. The van der Waals surface area contributed by atoms with Crippen molar-refractivity contribution in [1.82, 2.24) is 19.6 Å². The second-order valence-electron chi connectivity index (χ2n) is 5.88. The van der Waals surface area contributed by atoms with E-state index in [2.05, 4.69) is 15.5 Å². The van der Waals surface area contributed by atoms with Gasteiger partial charge in [-0.25, -0.2) is 4.68 Å². The normalized spacial score (nSPS) is 10.8. The first kappa shape index (κ1) is 17.2. The van der Waals surface area contributed by atoms with Gasteiger partial charge in [0.1, 0.15) is 5.82 Å². The molecule has 2 heterocycles. The van der Waals surface area contributed by atoms with Crippen molar-refractivity contribution in [3.8, 4) is 0 Å². The lowest BCUT2D eigenvalue weighted by molar-refractivity contribution is -0.116. The average molecular weight is 358 g/mol. The molecule has 25 heavy (non-hydrogen) atoms. The van der Waals surface area contributed by atoms with Crippen LogP contribution < -0.4 is 5.32 Å². The van der Waals surface area contributed by atoms with Gasteiger partial charge in [-0.1, -0.05) is 23.7 Å². The molecule has 2 aromatic heterocycles. The summed E-state index contributed by atoms with van der Waals surface area (Å²) in [5, 5.41) is 12.2. The third-order valence-corrected chi connectivity index (χ3v) is 4.13. The minimum absolute atomic E-state index is 0.0203. The first-order valence-electron chi connectivity index (χ1n) is 8.16. The van der Waals surface area contributed by atoms with Crippen molar-refractivity contribution in [2.24, 2.45) is 0 Å². The molecular formula is C18H20ClN5O. The Morgan fingerprint density at radius 1 is 1.24 bits per heavy atom. The SMILES string of the molecule is Cc1cnn(Cc2ccc(Cl)cc2)c1NC(=O)CCCn1cccn1. The predicted molar refractivity (Wildman–Crippen MR) is 97.6 cm³/mol. The Labute approximate surface area is 151 Å². The number of nitrogens with one attached hydrogen (secondary N) is 1. The van der Waals surface area contributed by atoms with Crippen LogP contribution in [0, 0.1) is 6.92 Å². The molecular weight excluding hydrogens is 338 g/mol. The van der Waals surface area contributed by atoms with E-state index >= 15 is 0 Å². The van der Waals surface area contributed by atoms with Crippen molar-refractivity contribution in [2.45, 2.75) is 32.9 Å². The molecule has 0 fully saturated rings. The predicted octanol–water partition coefficient (Wildman–Crippen LogP) is 3.51. The molecule has 0 radical (unpaired) electrons. The van der Waals surface area contributed by atoms with Crippen LogP contribution >= 0.6 is 11.6 Å². The summed E-state index contributed by atoms with van der Waals surface area (Å²) < 4.78 is 3.62. The second-order valence-corrected chi connectivity index (χ2v) is 6.32. The van der Waals surface area contributed by atoms with Crippen molar-refractivity contribution >= 4 is 23.3 Å². The van der Waals surface area contributed by atoms with Crippen molar-refractivity contribution in [2.75, 3.05) is 5.32 Å². The van der Waals surface area contributed by atoms with Gasteiger partial charge in [0.2, 0.25) is 5.91 Å². The number of hydrogen-bond donors (Lipinski definition) is 1. The molecule has 3 rings (SSSR count). The Morgan fingerprint density at radius 3 is 2.76 bits per heavy atom. The van der Waals surface area contributed by atoms with Crippen molar-refractivity contribution < 1.29 is 4.79 Å². The van der Waals surface area contributed by atoms with E-state index < -0.39 is 0 Å². The molecule has 1 amide bonds. The molecule has 0 spiro atoms. The second kappa shape index (κ2) is 7.98. The first-order chi connectivity index (χ1) is 12.1. The summed E-state index contributed by atoms with van der Waals surface area (Å²) in [6.45, 7) is 3.24. The molecule has 6 nitrogen and oxygen atoms in total. The molecule has 0 aliphatic heterocycles. The highest BCUT2D eigenvalue weighted by atomic mass is 35.5. The fourth-order valence-corrected chi connectivity index (χ4v) is 2.68. The fraction of sp³-hybridized carbons (Fsp3) is 0.278. The number of hydrogen-bond acceptors (Lipinski definition) is 3. The zero-order chi connectivity index (χ0) is 17.6. The van der Waals surface area contributed by atoms with E-state index in [1.807, 2.05) is 48.1 Å². The van der Waals surface area contributed by atoms with E-state index in [0.717, 1.165) is 29.9 Å². The summed E-state index contributed by atoms with van der Waals surface area (Å²) in [5.74, 6) is 0.715. The molecule has 130 valence electrons. The van der Waals surface area contributed by atoms with Gasteiger partial charge in [0.15, 0.2) is 0 Å². The number of nitrogens with zero attached hydrogens (tertiary/aromatic N) is 4. The minimum Gasteiger partial charge on any atom is -0.311 e. The molecule has 1 N–H and O–H groups in total.